The molecule has 0 fully saturated rings. The normalized spacial score (nSPS) is 11.1. The molecule has 3 aromatic carbocycles. The number of imidazole rings is 1. The zero-order valence-corrected chi connectivity index (χ0v) is 14.1. The molecule has 6 nitrogen and oxygen atoms in total. The maximum Gasteiger partial charge on any atom is 0.251 e. The van der Waals surface area contributed by atoms with Gasteiger partial charge in [0.25, 0.3) is 5.89 Å². The predicted molar refractivity (Wildman–Crippen MR) is 102 cm³/mol. The fourth-order valence-corrected chi connectivity index (χ4v) is 3.05. The number of hydrogen-bond donors (Lipinski definition) is 2. The third kappa shape index (κ3) is 2.64. The van der Waals surface area contributed by atoms with E-state index in [0.717, 1.165) is 28.0 Å². The van der Waals surface area contributed by atoms with Crippen LogP contribution in [0.3, 0.4) is 0 Å². The van der Waals surface area contributed by atoms with Crippen molar-refractivity contribution in [3.8, 4) is 40.0 Å². The van der Waals surface area contributed by atoms with Gasteiger partial charge in [-0.2, -0.15) is 0 Å². The zero-order chi connectivity index (χ0) is 18.2. The Morgan fingerprint density at radius 3 is 2.11 bits per heavy atom. The molecule has 6 heteroatoms. The van der Waals surface area contributed by atoms with Gasteiger partial charge in [-0.25, -0.2) is 4.98 Å². The molecule has 0 aliphatic carbocycles. The molecule has 0 bridgehead atoms. The summed E-state index contributed by atoms with van der Waals surface area (Å²) in [6.07, 6.45) is 0. The van der Waals surface area contributed by atoms with Crippen molar-refractivity contribution in [2.45, 2.75) is 0 Å². The highest BCUT2D eigenvalue weighted by molar-refractivity contribution is 5.84. The van der Waals surface area contributed by atoms with E-state index in [2.05, 4.69) is 20.2 Å². The highest BCUT2D eigenvalue weighted by Crippen LogP contribution is 2.34. The number of nitrogens with zero attached hydrogens (tertiary/aromatic N) is 3. The van der Waals surface area contributed by atoms with Crippen LogP contribution in [-0.4, -0.2) is 25.3 Å². The van der Waals surface area contributed by atoms with Crippen molar-refractivity contribution in [3.05, 3.63) is 72.8 Å². The van der Waals surface area contributed by atoms with E-state index in [4.69, 9.17) is 4.42 Å². The number of aromatic nitrogens is 4. The van der Waals surface area contributed by atoms with Gasteiger partial charge in [-0.3, -0.25) is 0 Å². The summed E-state index contributed by atoms with van der Waals surface area (Å²) in [5.41, 5.74) is 3.98. The summed E-state index contributed by atoms with van der Waals surface area (Å²) in [5, 5.41) is 18.3. The van der Waals surface area contributed by atoms with Gasteiger partial charge in [0.05, 0.1) is 16.6 Å². The van der Waals surface area contributed by atoms with Crippen molar-refractivity contribution in [2.24, 2.45) is 0 Å². The fourth-order valence-electron chi connectivity index (χ4n) is 3.05. The van der Waals surface area contributed by atoms with Crippen LogP contribution in [0.5, 0.6) is 5.75 Å². The molecule has 0 atom stereocenters. The third-order valence-electron chi connectivity index (χ3n) is 4.36. The molecule has 0 unspecified atom stereocenters. The lowest BCUT2D eigenvalue weighted by Gasteiger charge is -2.03. The van der Waals surface area contributed by atoms with Crippen LogP contribution in [0.25, 0.3) is 45.3 Å². The van der Waals surface area contributed by atoms with E-state index >= 15 is 0 Å². The van der Waals surface area contributed by atoms with Gasteiger partial charge >= 0.3 is 0 Å². The van der Waals surface area contributed by atoms with Gasteiger partial charge in [-0.05, 0) is 30.3 Å². The molecule has 5 aromatic rings. The minimum Gasteiger partial charge on any atom is -0.507 e. The van der Waals surface area contributed by atoms with Crippen LogP contribution in [0.2, 0.25) is 0 Å². The molecule has 0 radical (unpaired) electrons. The second-order valence-electron chi connectivity index (χ2n) is 6.08. The van der Waals surface area contributed by atoms with Gasteiger partial charge in [-0.1, -0.05) is 42.5 Å². The summed E-state index contributed by atoms with van der Waals surface area (Å²) in [5.74, 6) is 1.46. The first-order chi connectivity index (χ1) is 13.3. The smallest absolute Gasteiger partial charge is 0.251 e. The summed E-state index contributed by atoms with van der Waals surface area (Å²) in [7, 11) is 0. The van der Waals surface area contributed by atoms with E-state index < -0.39 is 0 Å². The topological polar surface area (TPSA) is 87.8 Å². The standard InChI is InChI=1S/C21H14N4O2/c26-18-12-6-3-9-15(18)21-25-24-20(27-21)14-8-2-1-7-13(14)19-22-16-10-4-5-11-17(16)23-19/h1-12,26H,(H,22,23). The van der Waals surface area contributed by atoms with Crippen LogP contribution in [0.15, 0.2) is 77.2 Å². The fraction of sp³-hybridized carbons (Fsp3) is 0. The van der Waals surface area contributed by atoms with Gasteiger partial charge in [0, 0.05) is 11.1 Å². The molecule has 0 aliphatic heterocycles. The maximum absolute atomic E-state index is 10.0. The van der Waals surface area contributed by atoms with Crippen molar-refractivity contribution in [2.75, 3.05) is 0 Å². The van der Waals surface area contributed by atoms with E-state index in [1.807, 2.05) is 48.5 Å². The molecule has 2 N–H and O–H groups in total. The van der Waals surface area contributed by atoms with Crippen LogP contribution in [0, 0.1) is 0 Å². The molecule has 2 aromatic heterocycles. The number of fused-ring (bicyclic) bond motifs is 1. The Hall–Kier alpha value is -3.93. The lowest BCUT2D eigenvalue weighted by atomic mass is 10.1. The van der Waals surface area contributed by atoms with Crippen LogP contribution < -0.4 is 0 Å². The number of benzene rings is 3. The highest BCUT2D eigenvalue weighted by Gasteiger charge is 2.17. The molecule has 0 saturated heterocycles. The van der Waals surface area contributed by atoms with E-state index in [1.54, 1.807) is 24.3 Å². The first-order valence-corrected chi connectivity index (χ1v) is 8.46. The van der Waals surface area contributed by atoms with Gasteiger partial charge in [-0.15, -0.1) is 10.2 Å². The van der Waals surface area contributed by atoms with Gasteiger partial charge < -0.3 is 14.5 Å². The predicted octanol–water partition coefficient (Wildman–Crippen LogP) is 4.65. The maximum atomic E-state index is 10.0. The van der Waals surface area contributed by atoms with Crippen LogP contribution in [0.4, 0.5) is 0 Å². The zero-order valence-electron chi connectivity index (χ0n) is 14.1. The van der Waals surface area contributed by atoms with Crippen molar-refractivity contribution >= 4 is 11.0 Å². The first kappa shape index (κ1) is 15.3. The Bertz CT molecular complexity index is 1220. The molecule has 130 valence electrons. The average molecular weight is 354 g/mol. The first-order valence-electron chi connectivity index (χ1n) is 8.46. The number of phenols is 1. The van der Waals surface area contributed by atoms with Crippen molar-refractivity contribution in [3.63, 3.8) is 0 Å². The third-order valence-corrected chi connectivity index (χ3v) is 4.36. The van der Waals surface area contributed by atoms with Gasteiger partial charge in [0.1, 0.15) is 11.6 Å². The molecule has 27 heavy (non-hydrogen) atoms. The minimum atomic E-state index is 0.0956. The number of para-hydroxylation sites is 3. The lowest BCUT2D eigenvalue weighted by Crippen LogP contribution is -1.87. The Morgan fingerprint density at radius 1 is 0.704 bits per heavy atom. The molecular formula is C21H14N4O2. The quantitative estimate of drug-likeness (QED) is 0.492. The van der Waals surface area contributed by atoms with Crippen LogP contribution >= 0.6 is 0 Å². The van der Waals surface area contributed by atoms with Crippen molar-refractivity contribution in [1.29, 1.82) is 0 Å². The summed E-state index contributed by atoms with van der Waals surface area (Å²) in [6.45, 7) is 0. The molecule has 0 saturated carbocycles. The van der Waals surface area contributed by atoms with Gasteiger partial charge in [0.2, 0.25) is 5.89 Å². The Balaban J connectivity index is 1.62. The van der Waals surface area contributed by atoms with Crippen molar-refractivity contribution < 1.29 is 9.52 Å². The molecule has 2 heterocycles. The van der Waals surface area contributed by atoms with E-state index in [9.17, 15) is 5.11 Å². The summed E-state index contributed by atoms with van der Waals surface area (Å²) in [6, 6.07) is 22.4. The number of aromatic hydroxyl groups is 1. The Labute approximate surface area is 154 Å². The van der Waals surface area contributed by atoms with E-state index in [0.29, 0.717) is 11.5 Å². The van der Waals surface area contributed by atoms with Gasteiger partial charge in [0.15, 0.2) is 0 Å². The summed E-state index contributed by atoms with van der Waals surface area (Å²) in [4.78, 5) is 7.99. The monoisotopic (exact) mass is 354 g/mol. The van der Waals surface area contributed by atoms with Crippen LogP contribution in [-0.2, 0) is 0 Å². The Morgan fingerprint density at radius 2 is 1.33 bits per heavy atom. The molecule has 0 aliphatic rings. The van der Waals surface area contributed by atoms with Crippen LogP contribution in [0.1, 0.15) is 0 Å². The highest BCUT2D eigenvalue weighted by atomic mass is 16.4. The second-order valence-corrected chi connectivity index (χ2v) is 6.08. The number of aromatic amines is 1. The largest absolute Gasteiger partial charge is 0.507 e. The molecule has 0 spiro atoms. The lowest BCUT2D eigenvalue weighted by molar-refractivity contribution is 0.473. The molecule has 5 rings (SSSR count). The summed E-state index contributed by atoms with van der Waals surface area (Å²) >= 11 is 0. The Kier molecular flexibility index (Phi) is 3.47. The number of H-pyrrole nitrogens is 1. The number of nitrogens with one attached hydrogen (secondary N) is 1. The molecule has 0 amide bonds. The van der Waals surface area contributed by atoms with E-state index in [1.165, 1.54) is 0 Å². The average Bonchev–Trinajstić information content (AvgIpc) is 3.35. The molecular weight excluding hydrogens is 340 g/mol. The number of rotatable bonds is 3. The van der Waals surface area contributed by atoms with E-state index in [-0.39, 0.29) is 11.6 Å². The summed E-state index contributed by atoms with van der Waals surface area (Å²) < 4.78 is 5.85. The second kappa shape index (κ2) is 6.10. The SMILES string of the molecule is Oc1ccccc1-c1nnc(-c2ccccc2-c2nc3ccccc3[nH]2)o1. The van der Waals surface area contributed by atoms with Crippen molar-refractivity contribution in [1.82, 2.24) is 20.2 Å². The number of hydrogen-bond acceptors (Lipinski definition) is 5. The number of phenolic OH excluding ortho intramolecular Hbond substituents is 1. The minimum absolute atomic E-state index is 0.0956.